The number of aliphatic hydroxyl groups excluding tert-OH is 1. The van der Waals surface area contributed by atoms with E-state index < -0.39 is 0 Å². The van der Waals surface area contributed by atoms with Crippen LogP contribution >= 0.6 is 15.9 Å². The fourth-order valence-corrected chi connectivity index (χ4v) is 1.60. The summed E-state index contributed by atoms with van der Waals surface area (Å²) >= 11 is 3.38. The van der Waals surface area contributed by atoms with Crippen LogP contribution in [0.15, 0.2) is 10.7 Å². The van der Waals surface area contributed by atoms with Gasteiger partial charge in [-0.2, -0.15) is 0 Å². The maximum atomic E-state index is 9.12. The van der Waals surface area contributed by atoms with E-state index in [4.69, 9.17) is 5.11 Å². The van der Waals surface area contributed by atoms with E-state index in [9.17, 15) is 0 Å². The van der Waals surface area contributed by atoms with Crippen LogP contribution < -0.4 is 4.90 Å². The summed E-state index contributed by atoms with van der Waals surface area (Å²) in [5.74, 6) is 1.92. The topological polar surface area (TPSA) is 49.2 Å². The van der Waals surface area contributed by atoms with E-state index in [-0.39, 0.29) is 18.6 Å². The number of rotatable bonds is 4. The SMILES string of the molecule is CC(C)c1nc(Br)cc(N(C)C(C)CO)n1. The summed E-state index contributed by atoms with van der Waals surface area (Å²) in [6.07, 6.45) is 0. The average molecular weight is 288 g/mol. The molecule has 1 heterocycles. The molecule has 0 radical (unpaired) electrons. The van der Waals surface area contributed by atoms with E-state index in [1.807, 2.05) is 24.9 Å². The van der Waals surface area contributed by atoms with Gasteiger partial charge in [-0.1, -0.05) is 13.8 Å². The Morgan fingerprint density at radius 1 is 1.38 bits per heavy atom. The van der Waals surface area contributed by atoms with Crippen molar-refractivity contribution in [3.05, 3.63) is 16.5 Å². The molecule has 1 aromatic heterocycles. The van der Waals surface area contributed by atoms with Crippen molar-refractivity contribution in [2.24, 2.45) is 0 Å². The minimum Gasteiger partial charge on any atom is -0.394 e. The van der Waals surface area contributed by atoms with Gasteiger partial charge in [-0.05, 0) is 22.9 Å². The molecular weight excluding hydrogens is 270 g/mol. The summed E-state index contributed by atoms with van der Waals surface area (Å²) in [5.41, 5.74) is 0. The molecule has 0 fully saturated rings. The molecule has 0 saturated heterocycles. The molecule has 0 saturated carbocycles. The second-order valence-electron chi connectivity index (χ2n) is 4.20. The molecule has 1 rings (SSSR count). The molecule has 0 amide bonds. The second kappa shape index (κ2) is 5.59. The summed E-state index contributed by atoms with van der Waals surface area (Å²) in [5, 5.41) is 9.12. The molecular formula is C11H18BrN3O. The van der Waals surface area contributed by atoms with Crippen molar-refractivity contribution in [2.75, 3.05) is 18.6 Å². The third-order valence-electron chi connectivity index (χ3n) is 2.50. The molecule has 1 atom stereocenters. The highest BCUT2D eigenvalue weighted by Crippen LogP contribution is 2.20. The first-order chi connectivity index (χ1) is 7.45. The average Bonchev–Trinajstić information content (AvgIpc) is 2.26. The maximum absolute atomic E-state index is 9.12. The highest BCUT2D eigenvalue weighted by Gasteiger charge is 2.13. The van der Waals surface area contributed by atoms with E-state index in [0.29, 0.717) is 0 Å². The zero-order valence-corrected chi connectivity index (χ0v) is 11.7. The van der Waals surface area contributed by atoms with Crippen molar-refractivity contribution < 1.29 is 5.11 Å². The summed E-state index contributed by atoms with van der Waals surface area (Å²) < 4.78 is 0.776. The molecule has 0 aliphatic carbocycles. The molecule has 0 bridgehead atoms. The van der Waals surface area contributed by atoms with E-state index in [1.165, 1.54) is 0 Å². The lowest BCUT2D eigenvalue weighted by Gasteiger charge is -2.24. The normalized spacial score (nSPS) is 12.9. The molecule has 90 valence electrons. The largest absolute Gasteiger partial charge is 0.394 e. The summed E-state index contributed by atoms with van der Waals surface area (Å²) in [6.45, 7) is 6.17. The Bertz CT molecular complexity index is 357. The van der Waals surface area contributed by atoms with E-state index in [2.05, 4.69) is 39.7 Å². The molecule has 0 aliphatic heterocycles. The molecule has 1 N–H and O–H groups in total. The predicted molar refractivity (Wildman–Crippen MR) is 68.8 cm³/mol. The molecule has 0 aliphatic rings. The Morgan fingerprint density at radius 3 is 2.50 bits per heavy atom. The highest BCUT2D eigenvalue weighted by molar-refractivity contribution is 9.10. The van der Waals surface area contributed by atoms with Crippen LogP contribution in [0.1, 0.15) is 32.5 Å². The van der Waals surface area contributed by atoms with E-state index in [0.717, 1.165) is 16.2 Å². The van der Waals surface area contributed by atoms with Crippen molar-refractivity contribution in [3.63, 3.8) is 0 Å². The van der Waals surface area contributed by atoms with Crippen molar-refractivity contribution in [1.82, 2.24) is 9.97 Å². The van der Waals surface area contributed by atoms with Crippen LogP contribution in [0.25, 0.3) is 0 Å². The van der Waals surface area contributed by atoms with Gasteiger partial charge < -0.3 is 10.0 Å². The Balaban J connectivity index is 3.04. The predicted octanol–water partition coefficient (Wildman–Crippen LogP) is 2.18. The summed E-state index contributed by atoms with van der Waals surface area (Å²) in [6, 6.07) is 1.90. The Hall–Kier alpha value is -0.680. The van der Waals surface area contributed by atoms with Crippen LogP contribution in [0.5, 0.6) is 0 Å². The van der Waals surface area contributed by atoms with Crippen LogP contribution in [-0.2, 0) is 0 Å². The summed E-state index contributed by atoms with van der Waals surface area (Å²) in [7, 11) is 1.92. The number of nitrogens with zero attached hydrogens (tertiary/aromatic N) is 3. The Morgan fingerprint density at radius 2 is 2.00 bits per heavy atom. The Kier molecular flexibility index (Phi) is 4.68. The first kappa shape index (κ1) is 13.4. The first-order valence-electron chi connectivity index (χ1n) is 5.33. The molecule has 16 heavy (non-hydrogen) atoms. The second-order valence-corrected chi connectivity index (χ2v) is 5.02. The number of likely N-dealkylation sites (N-methyl/N-ethyl adjacent to an activating group) is 1. The monoisotopic (exact) mass is 287 g/mol. The van der Waals surface area contributed by atoms with Crippen molar-refractivity contribution in [1.29, 1.82) is 0 Å². The van der Waals surface area contributed by atoms with Crippen LogP contribution in [0.2, 0.25) is 0 Å². The van der Waals surface area contributed by atoms with Gasteiger partial charge in [0.15, 0.2) is 0 Å². The number of aromatic nitrogens is 2. The minimum atomic E-state index is 0.0433. The van der Waals surface area contributed by atoms with Gasteiger partial charge in [0, 0.05) is 19.0 Å². The van der Waals surface area contributed by atoms with Crippen LogP contribution in [0.3, 0.4) is 0 Å². The van der Waals surface area contributed by atoms with Gasteiger partial charge in [0.2, 0.25) is 0 Å². The summed E-state index contributed by atoms with van der Waals surface area (Å²) in [4.78, 5) is 10.7. The van der Waals surface area contributed by atoms with Gasteiger partial charge in [-0.25, -0.2) is 9.97 Å². The van der Waals surface area contributed by atoms with Crippen molar-refractivity contribution in [3.8, 4) is 0 Å². The molecule has 1 unspecified atom stereocenters. The number of hydrogen-bond acceptors (Lipinski definition) is 4. The molecule has 4 nitrogen and oxygen atoms in total. The van der Waals surface area contributed by atoms with Crippen molar-refractivity contribution >= 4 is 21.7 Å². The Labute approximate surface area is 105 Å². The van der Waals surface area contributed by atoms with Gasteiger partial charge in [0.1, 0.15) is 16.2 Å². The highest BCUT2D eigenvalue weighted by atomic mass is 79.9. The van der Waals surface area contributed by atoms with Gasteiger partial charge in [0.25, 0.3) is 0 Å². The fourth-order valence-electron chi connectivity index (χ4n) is 1.21. The van der Waals surface area contributed by atoms with E-state index >= 15 is 0 Å². The number of aliphatic hydroxyl groups is 1. The zero-order valence-electron chi connectivity index (χ0n) is 10.1. The van der Waals surface area contributed by atoms with Crippen LogP contribution in [0.4, 0.5) is 5.82 Å². The van der Waals surface area contributed by atoms with E-state index in [1.54, 1.807) is 0 Å². The third kappa shape index (κ3) is 3.15. The van der Waals surface area contributed by atoms with Gasteiger partial charge in [-0.15, -0.1) is 0 Å². The lowest BCUT2D eigenvalue weighted by Crippen LogP contribution is -2.32. The first-order valence-corrected chi connectivity index (χ1v) is 6.13. The van der Waals surface area contributed by atoms with Gasteiger partial charge in [0.05, 0.1) is 12.6 Å². The maximum Gasteiger partial charge on any atom is 0.134 e. The number of anilines is 1. The quantitative estimate of drug-likeness (QED) is 0.863. The van der Waals surface area contributed by atoms with Gasteiger partial charge >= 0.3 is 0 Å². The fraction of sp³-hybridized carbons (Fsp3) is 0.636. The third-order valence-corrected chi connectivity index (χ3v) is 2.91. The molecule has 1 aromatic rings. The number of hydrogen-bond donors (Lipinski definition) is 1. The standard InChI is InChI=1S/C11H18BrN3O/c1-7(2)11-13-9(12)5-10(14-11)15(4)8(3)6-16/h5,7-8,16H,6H2,1-4H3. The molecule has 0 spiro atoms. The smallest absolute Gasteiger partial charge is 0.134 e. The number of halogens is 1. The molecule has 0 aromatic carbocycles. The van der Waals surface area contributed by atoms with Crippen LogP contribution in [0, 0.1) is 0 Å². The van der Waals surface area contributed by atoms with Crippen molar-refractivity contribution in [2.45, 2.75) is 32.7 Å². The molecule has 5 heteroatoms. The minimum absolute atomic E-state index is 0.0433. The lowest BCUT2D eigenvalue weighted by molar-refractivity contribution is 0.269. The lowest BCUT2D eigenvalue weighted by atomic mass is 10.2. The van der Waals surface area contributed by atoms with Crippen LogP contribution in [-0.4, -0.2) is 34.8 Å². The zero-order chi connectivity index (χ0) is 12.3. The van der Waals surface area contributed by atoms with Gasteiger partial charge in [-0.3, -0.25) is 0 Å².